The van der Waals surface area contributed by atoms with Crippen molar-refractivity contribution in [1.29, 1.82) is 0 Å². The summed E-state index contributed by atoms with van der Waals surface area (Å²) in [6.07, 6.45) is 0. The van der Waals surface area contributed by atoms with Crippen LogP contribution < -0.4 is 19.3 Å². The molecule has 0 unspecified atom stereocenters. The maximum atomic E-state index is 11.1. The minimum absolute atomic E-state index is 0.0852. The summed E-state index contributed by atoms with van der Waals surface area (Å²) in [6, 6.07) is 8.30. The summed E-state index contributed by atoms with van der Waals surface area (Å²) in [4.78, 5) is 15.5. The van der Waals surface area contributed by atoms with E-state index >= 15 is 0 Å². The molecule has 3 rings (SSSR count). The molecule has 3 aromatic rings. The molecule has 2 aromatic carbocycles. The third-order valence-electron chi connectivity index (χ3n) is 3.97. The van der Waals surface area contributed by atoms with Crippen LogP contribution in [0.3, 0.4) is 0 Å². The highest BCUT2D eigenvalue weighted by atomic mass is 16.5. The van der Waals surface area contributed by atoms with Gasteiger partial charge in [-0.2, -0.15) is 0 Å². The Kier molecular flexibility index (Phi) is 4.22. The highest BCUT2D eigenvalue weighted by Gasteiger charge is 2.17. The van der Waals surface area contributed by atoms with Gasteiger partial charge >= 0.3 is 0 Å². The largest absolute Gasteiger partial charge is 0.545 e. The van der Waals surface area contributed by atoms with Crippen molar-refractivity contribution in [2.24, 2.45) is 0 Å². The van der Waals surface area contributed by atoms with Crippen LogP contribution in [-0.4, -0.2) is 36.8 Å². The Morgan fingerprint density at radius 2 is 1.68 bits per heavy atom. The van der Waals surface area contributed by atoms with Crippen LogP contribution in [0, 0.1) is 6.92 Å². The van der Waals surface area contributed by atoms with E-state index in [0.29, 0.717) is 28.6 Å². The molecular weight excluding hydrogens is 324 g/mol. The molecule has 130 valence electrons. The lowest BCUT2D eigenvalue weighted by Gasteiger charge is -2.15. The van der Waals surface area contributed by atoms with E-state index in [0.717, 1.165) is 11.2 Å². The van der Waals surface area contributed by atoms with Gasteiger partial charge in [0, 0.05) is 12.1 Å². The maximum absolute atomic E-state index is 11.1. The number of aromatic carboxylic acids is 1. The van der Waals surface area contributed by atoms with E-state index in [1.54, 1.807) is 27.4 Å². The molecule has 0 bridgehead atoms. The zero-order valence-corrected chi connectivity index (χ0v) is 14.3. The molecule has 7 heteroatoms. The number of methoxy groups -OCH3 is 3. The normalized spacial score (nSPS) is 10.7. The smallest absolute Gasteiger partial charge is 0.203 e. The molecule has 25 heavy (non-hydrogen) atoms. The zero-order valence-electron chi connectivity index (χ0n) is 14.3. The Bertz CT molecular complexity index is 936. The number of rotatable bonds is 5. The lowest BCUT2D eigenvalue weighted by molar-refractivity contribution is -0.255. The molecule has 0 fully saturated rings. The van der Waals surface area contributed by atoms with Crippen molar-refractivity contribution in [1.82, 2.24) is 9.55 Å². The lowest BCUT2D eigenvalue weighted by Crippen LogP contribution is -2.21. The molecule has 0 amide bonds. The van der Waals surface area contributed by atoms with Crippen molar-refractivity contribution in [3.63, 3.8) is 0 Å². The van der Waals surface area contributed by atoms with Crippen molar-refractivity contribution < 1.29 is 24.1 Å². The van der Waals surface area contributed by atoms with Crippen LogP contribution in [0.5, 0.6) is 17.2 Å². The zero-order chi connectivity index (χ0) is 18.1. The number of benzene rings is 2. The Morgan fingerprint density at radius 1 is 1.04 bits per heavy atom. The molecule has 0 atom stereocenters. The van der Waals surface area contributed by atoms with Gasteiger partial charge in [0.25, 0.3) is 0 Å². The van der Waals surface area contributed by atoms with Gasteiger partial charge in [0.15, 0.2) is 11.5 Å². The molecule has 0 saturated heterocycles. The fourth-order valence-electron chi connectivity index (χ4n) is 2.85. The van der Waals surface area contributed by atoms with Gasteiger partial charge < -0.3 is 24.1 Å². The fourth-order valence-corrected chi connectivity index (χ4v) is 2.85. The van der Waals surface area contributed by atoms with Crippen LogP contribution in [0.2, 0.25) is 0 Å². The van der Waals surface area contributed by atoms with Crippen molar-refractivity contribution in [3.8, 4) is 22.9 Å². The summed E-state index contributed by atoms with van der Waals surface area (Å²) >= 11 is 0. The SMILES string of the molecule is COc1cc(-n2c(C)nc3cc(C(=O)[O-])ccc32)cc(OC)c1OC. The van der Waals surface area contributed by atoms with E-state index in [-0.39, 0.29) is 5.56 Å². The van der Waals surface area contributed by atoms with Crippen LogP contribution in [-0.2, 0) is 0 Å². The third-order valence-corrected chi connectivity index (χ3v) is 3.97. The summed E-state index contributed by atoms with van der Waals surface area (Å²) in [5.41, 5.74) is 2.17. The van der Waals surface area contributed by atoms with Crippen molar-refractivity contribution >= 4 is 17.0 Å². The topological polar surface area (TPSA) is 85.6 Å². The number of hydrogen-bond donors (Lipinski definition) is 0. The number of fused-ring (bicyclic) bond motifs is 1. The monoisotopic (exact) mass is 341 g/mol. The van der Waals surface area contributed by atoms with Gasteiger partial charge in [-0.05, 0) is 24.6 Å². The summed E-state index contributed by atoms with van der Waals surface area (Å²) in [7, 11) is 4.64. The molecule has 7 nitrogen and oxygen atoms in total. The van der Waals surface area contributed by atoms with Crippen LogP contribution >= 0.6 is 0 Å². The third kappa shape index (κ3) is 2.73. The quantitative estimate of drug-likeness (QED) is 0.702. The second-order valence-electron chi connectivity index (χ2n) is 5.37. The first-order chi connectivity index (χ1) is 12.0. The molecule has 1 aromatic heterocycles. The number of hydrogen-bond acceptors (Lipinski definition) is 6. The number of aromatic nitrogens is 2. The molecule has 0 aliphatic carbocycles. The second-order valence-corrected chi connectivity index (χ2v) is 5.37. The molecule has 0 saturated carbocycles. The van der Waals surface area contributed by atoms with E-state index in [2.05, 4.69) is 4.98 Å². The summed E-state index contributed by atoms with van der Waals surface area (Å²) in [6.45, 7) is 1.84. The number of carboxylic acids is 1. The number of carboxylic acid groups (broad SMARTS) is 1. The molecule has 0 radical (unpaired) electrons. The van der Waals surface area contributed by atoms with Gasteiger partial charge in [-0.25, -0.2) is 4.98 Å². The van der Waals surface area contributed by atoms with E-state index in [1.807, 2.05) is 23.6 Å². The van der Waals surface area contributed by atoms with E-state index in [9.17, 15) is 9.90 Å². The van der Waals surface area contributed by atoms with Gasteiger partial charge in [0.05, 0.1) is 44.0 Å². The Hall–Kier alpha value is -3.22. The van der Waals surface area contributed by atoms with Gasteiger partial charge in [-0.1, -0.05) is 6.07 Å². The average molecular weight is 341 g/mol. The van der Waals surface area contributed by atoms with E-state index in [4.69, 9.17) is 14.2 Å². The number of aryl methyl sites for hydroxylation is 1. The van der Waals surface area contributed by atoms with Crippen LogP contribution in [0.15, 0.2) is 30.3 Å². The predicted molar refractivity (Wildman–Crippen MR) is 89.8 cm³/mol. The van der Waals surface area contributed by atoms with Gasteiger partial charge in [-0.15, -0.1) is 0 Å². The Labute approximate surface area is 144 Å². The van der Waals surface area contributed by atoms with E-state index in [1.165, 1.54) is 12.1 Å². The number of ether oxygens (including phenoxy) is 3. The molecule has 0 aliphatic heterocycles. The van der Waals surface area contributed by atoms with Crippen molar-refractivity contribution in [2.45, 2.75) is 6.92 Å². The molecular formula is C18H17N2O5-. The minimum atomic E-state index is -1.23. The number of carbonyl (C=O) groups is 1. The van der Waals surface area contributed by atoms with Crippen LogP contribution in [0.4, 0.5) is 0 Å². The first-order valence-corrected chi connectivity index (χ1v) is 7.51. The number of imidazole rings is 1. The maximum Gasteiger partial charge on any atom is 0.203 e. The molecule has 1 heterocycles. The summed E-state index contributed by atoms with van der Waals surface area (Å²) in [5, 5.41) is 11.1. The number of nitrogens with zero attached hydrogens (tertiary/aromatic N) is 2. The first kappa shape index (κ1) is 16.6. The number of carbonyl (C=O) groups excluding carboxylic acids is 1. The predicted octanol–water partition coefficient (Wildman–Crippen LogP) is 1.72. The van der Waals surface area contributed by atoms with Crippen molar-refractivity contribution in [3.05, 3.63) is 41.7 Å². The molecule has 0 spiro atoms. The van der Waals surface area contributed by atoms with Gasteiger partial charge in [0.1, 0.15) is 5.82 Å². The fraction of sp³-hybridized carbons (Fsp3) is 0.222. The summed E-state index contributed by atoms with van der Waals surface area (Å²) in [5.74, 6) is 0.991. The summed E-state index contributed by atoms with van der Waals surface area (Å²) < 4.78 is 18.0. The Morgan fingerprint density at radius 3 is 2.20 bits per heavy atom. The first-order valence-electron chi connectivity index (χ1n) is 7.51. The molecule has 0 N–H and O–H groups in total. The second kappa shape index (κ2) is 6.35. The highest BCUT2D eigenvalue weighted by molar-refractivity contribution is 5.91. The lowest BCUT2D eigenvalue weighted by atomic mass is 10.2. The standard InChI is InChI=1S/C18H18N2O5/c1-10-19-13-7-11(18(21)22)5-6-14(13)20(10)12-8-15(23-2)17(25-4)16(9-12)24-3/h5-9H,1-4H3,(H,21,22)/p-1. The Balaban J connectivity index is 2.26. The van der Waals surface area contributed by atoms with E-state index < -0.39 is 5.97 Å². The highest BCUT2D eigenvalue weighted by Crippen LogP contribution is 2.40. The average Bonchev–Trinajstić information content (AvgIpc) is 2.94. The van der Waals surface area contributed by atoms with Crippen molar-refractivity contribution in [2.75, 3.05) is 21.3 Å². The van der Waals surface area contributed by atoms with Gasteiger partial charge in [0.2, 0.25) is 5.75 Å². The van der Waals surface area contributed by atoms with Crippen LogP contribution in [0.25, 0.3) is 16.7 Å². The van der Waals surface area contributed by atoms with Gasteiger partial charge in [-0.3, -0.25) is 4.57 Å². The molecule has 0 aliphatic rings. The minimum Gasteiger partial charge on any atom is -0.545 e. The van der Waals surface area contributed by atoms with Crippen LogP contribution in [0.1, 0.15) is 16.2 Å².